The fourth-order valence-corrected chi connectivity index (χ4v) is 9.82. The quantitative estimate of drug-likeness (QED) is 0.579. The van der Waals surface area contributed by atoms with Crippen LogP contribution >= 0.6 is 0 Å². The van der Waals surface area contributed by atoms with Gasteiger partial charge in [-0.05, 0) is 47.0 Å². The molecule has 3 nitrogen and oxygen atoms in total. The Morgan fingerprint density at radius 2 is 1.57 bits per heavy atom. The Bertz CT molecular complexity index is 759. The summed E-state index contributed by atoms with van der Waals surface area (Å²) in [6.45, 7) is 6.98. The molecule has 0 bridgehead atoms. The van der Waals surface area contributed by atoms with Crippen LogP contribution in [0.5, 0.6) is 0 Å². The largest absolute Gasteiger partial charge is 0.481 e. The molecule has 0 amide bonds. The van der Waals surface area contributed by atoms with Gasteiger partial charge in [0.15, 0.2) is 0 Å². The number of benzene rings is 2. The summed E-state index contributed by atoms with van der Waals surface area (Å²) in [7, 11) is -2.51. The molecule has 4 heteroatoms. The van der Waals surface area contributed by atoms with E-state index in [1.807, 2.05) is 0 Å². The average Bonchev–Trinajstić information content (AvgIpc) is 2.72. The molecule has 3 rings (SSSR count). The van der Waals surface area contributed by atoms with Gasteiger partial charge in [-0.1, -0.05) is 94.3 Å². The summed E-state index contributed by atoms with van der Waals surface area (Å²) in [6, 6.07) is 21.7. The fraction of sp³-hybridized carbons (Fsp3) is 0.500. The molecule has 0 radical (unpaired) electrons. The maximum absolute atomic E-state index is 10.9. The minimum atomic E-state index is -2.51. The minimum Gasteiger partial charge on any atom is -0.481 e. The second kappa shape index (κ2) is 9.93. The lowest BCUT2D eigenvalue weighted by atomic mass is 9.84. The van der Waals surface area contributed by atoms with Gasteiger partial charge in [-0.2, -0.15) is 0 Å². The van der Waals surface area contributed by atoms with Crippen molar-refractivity contribution in [1.29, 1.82) is 0 Å². The first-order chi connectivity index (χ1) is 14.3. The lowest BCUT2D eigenvalue weighted by molar-refractivity contribution is -0.137. The van der Waals surface area contributed by atoms with Crippen LogP contribution in [0.3, 0.4) is 0 Å². The first-order valence-corrected chi connectivity index (χ1v) is 13.2. The van der Waals surface area contributed by atoms with E-state index in [1.165, 1.54) is 23.2 Å². The molecule has 0 aliphatic heterocycles. The standard InChI is InChI=1S/C26H36O3Si/c1-26(2,3)30(23-15-6-4-7-16-23,24-17-8-5-9-18-24)29-22-14-10-12-21(20-22)13-11-19-25(27)28/h4-9,15-18,21-22H,10-14,19-20H2,1-3H3,(H,27,28)/t21-,22-/m1/s1. The van der Waals surface area contributed by atoms with Crippen molar-refractivity contribution in [2.45, 2.75) is 76.9 Å². The van der Waals surface area contributed by atoms with E-state index in [0.29, 0.717) is 5.92 Å². The summed E-state index contributed by atoms with van der Waals surface area (Å²) < 4.78 is 7.30. The Morgan fingerprint density at radius 3 is 2.07 bits per heavy atom. The lowest BCUT2D eigenvalue weighted by Crippen LogP contribution is -2.67. The van der Waals surface area contributed by atoms with E-state index >= 15 is 0 Å². The van der Waals surface area contributed by atoms with Crippen molar-refractivity contribution in [3.8, 4) is 0 Å². The molecule has 1 fully saturated rings. The zero-order chi connectivity index (χ0) is 21.6. The molecule has 0 aromatic heterocycles. The summed E-state index contributed by atoms with van der Waals surface area (Å²) in [5.74, 6) is -0.118. The van der Waals surface area contributed by atoms with Gasteiger partial charge in [-0.25, -0.2) is 0 Å². The molecule has 2 aromatic rings. The topological polar surface area (TPSA) is 46.5 Å². The van der Waals surface area contributed by atoms with E-state index in [1.54, 1.807) is 0 Å². The molecule has 162 valence electrons. The third-order valence-corrected chi connectivity index (χ3v) is 11.6. The third-order valence-electron chi connectivity index (χ3n) is 6.50. The van der Waals surface area contributed by atoms with Crippen LogP contribution in [-0.2, 0) is 9.22 Å². The minimum absolute atomic E-state index is 0.00798. The van der Waals surface area contributed by atoms with Gasteiger partial charge in [-0.3, -0.25) is 4.79 Å². The van der Waals surface area contributed by atoms with Crippen LogP contribution in [0, 0.1) is 5.92 Å². The molecule has 1 N–H and O–H groups in total. The van der Waals surface area contributed by atoms with Crippen molar-refractivity contribution < 1.29 is 14.3 Å². The first kappa shape index (κ1) is 22.8. The summed E-state index contributed by atoms with van der Waals surface area (Å²) in [5, 5.41) is 11.6. The molecular weight excluding hydrogens is 388 g/mol. The first-order valence-electron chi connectivity index (χ1n) is 11.3. The number of carboxylic acid groups (broad SMARTS) is 1. The zero-order valence-corrected chi connectivity index (χ0v) is 19.6. The van der Waals surface area contributed by atoms with Crippen molar-refractivity contribution >= 4 is 24.7 Å². The van der Waals surface area contributed by atoms with E-state index in [4.69, 9.17) is 9.53 Å². The van der Waals surface area contributed by atoms with Gasteiger partial charge in [0.2, 0.25) is 0 Å². The van der Waals surface area contributed by atoms with Crippen molar-refractivity contribution in [1.82, 2.24) is 0 Å². The number of aliphatic carboxylic acids is 1. The van der Waals surface area contributed by atoms with Crippen molar-refractivity contribution in [3.05, 3.63) is 60.7 Å². The molecule has 30 heavy (non-hydrogen) atoms. The van der Waals surface area contributed by atoms with E-state index in [2.05, 4.69) is 81.4 Å². The summed E-state index contributed by atoms with van der Waals surface area (Å²) in [4.78, 5) is 10.9. The molecular formula is C26H36O3Si. The van der Waals surface area contributed by atoms with Gasteiger partial charge in [0, 0.05) is 12.5 Å². The molecule has 0 unspecified atom stereocenters. The Balaban J connectivity index is 1.90. The van der Waals surface area contributed by atoms with Crippen molar-refractivity contribution in [2.75, 3.05) is 0 Å². The smallest absolute Gasteiger partial charge is 0.303 e. The third kappa shape index (κ3) is 5.22. The Morgan fingerprint density at radius 1 is 1.00 bits per heavy atom. The Labute approximate surface area is 182 Å². The second-order valence-electron chi connectivity index (χ2n) is 9.72. The zero-order valence-electron chi connectivity index (χ0n) is 18.6. The maximum Gasteiger partial charge on any atom is 0.303 e. The van der Waals surface area contributed by atoms with Crippen LogP contribution in [0.4, 0.5) is 0 Å². The fourth-order valence-electron chi connectivity index (χ4n) is 5.09. The van der Waals surface area contributed by atoms with E-state index < -0.39 is 14.3 Å². The normalized spacial score (nSPS) is 20.1. The Kier molecular flexibility index (Phi) is 7.53. The highest BCUT2D eigenvalue weighted by Gasteiger charge is 2.51. The number of rotatable bonds is 8. The molecule has 1 aliphatic rings. The average molecular weight is 425 g/mol. The number of hydrogen-bond acceptors (Lipinski definition) is 2. The summed E-state index contributed by atoms with van der Waals surface area (Å²) in [6.07, 6.45) is 6.78. The highest BCUT2D eigenvalue weighted by Crippen LogP contribution is 2.40. The van der Waals surface area contributed by atoms with Gasteiger partial charge >= 0.3 is 5.97 Å². The number of carboxylic acids is 1. The highest BCUT2D eigenvalue weighted by molar-refractivity contribution is 6.99. The van der Waals surface area contributed by atoms with Gasteiger partial charge < -0.3 is 9.53 Å². The van der Waals surface area contributed by atoms with Crippen LogP contribution in [0.2, 0.25) is 5.04 Å². The van der Waals surface area contributed by atoms with E-state index in [-0.39, 0.29) is 17.6 Å². The monoisotopic (exact) mass is 424 g/mol. The van der Waals surface area contributed by atoms with Gasteiger partial charge in [0.25, 0.3) is 8.32 Å². The van der Waals surface area contributed by atoms with Crippen molar-refractivity contribution in [2.24, 2.45) is 5.92 Å². The molecule has 2 aromatic carbocycles. The number of hydrogen-bond donors (Lipinski definition) is 1. The van der Waals surface area contributed by atoms with E-state index in [9.17, 15) is 4.79 Å². The summed E-state index contributed by atoms with van der Waals surface area (Å²) >= 11 is 0. The molecule has 1 saturated carbocycles. The lowest BCUT2D eigenvalue weighted by Gasteiger charge is -2.46. The predicted molar refractivity (Wildman–Crippen MR) is 126 cm³/mol. The highest BCUT2D eigenvalue weighted by atomic mass is 28.4. The molecule has 1 aliphatic carbocycles. The van der Waals surface area contributed by atoms with Crippen molar-refractivity contribution in [3.63, 3.8) is 0 Å². The van der Waals surface area contributed by atoms with Crippen LogP contribution in [-0.4, -0.2) is 25.5 Å². The summed E-state index contributed by atoms with van der Waals surface area (Å²) in [5.41, 5.74) is 0. The second-order valence-corrected chi connectivity index (χ2v) is 14.0. The molecule has 2 atom stereocenters. The molecule has 0 saturated heterocycles. The van der Waals surface area contributed by atoms with E-state index in [0.717, 1.165) is 25.7 Å². The van der Waals surface area contributed by atoms with Crippen LogP contribution in [0.25, 0.3) is 0 Å². The van der Waals surface area contributed by atoms with Crippen LogP contribution in [0.15, 0.2) is 60.7 Å². The molecule has 0 spiro atoms. The van der Waals surface area contributed by atoms with Crippen LogP contribution in [0.1, 0.15) is 65.7 Å². The van der Waals surface area contributed by atoms with Gasteiger partial charge in [0.05, 0.1) is 0 Å². The van der Waals surface area contributed by atoms with Gasteiger partial charge in [0.1, 0.15) is 0 Å². The number of carbonyl (C=O) groups is 1. The maximum atomic E-state index is 10.9. The predicted octanol–water partition coefficient (Wildman–Crippen LogP) is 5.38. The molecule has 0 heterocycles. The SMILES string of the molecule is CC(C)(C)[Si](O[C@@H]1CCC[C@H](CCCC(=O)O)C1)(c1ccccc1)c1ccccc1. The van der Waals surface area contributed by atoms with Crippen LogP contribution < -0.4 is 10.4 Å². The Hall–Kier alpha value is -1.91. The van der Waals surface area contributed by atoms with Gasteiger partial charge in [-0.15, -0.1) is 0 Å².